The molecule has 4 N–H and O–H groups in total. The molecule has 1 unspecified atom stereocenters. The Morgan fingerprint density at radius 2 is 2.04 bits per heavy atom. The molecule has 0 aromatic heterocycles. The van der Waals surface area contributed by atoms with Crippen LogP contribution in [0.4, 0.5) is 5.69 Å². The molecule has 1 saturated carbocycles. The maximum atomic E-state index is 11.9. The average Bonchev–Trinajstić information content (AvgIpc) is 3.44. The molecule has 27 heavy (non-hydrogen) atoms. The van der Waals surface area contributed by atoms with E-state index in [2.05, 4.69) is 32.3 Å². The second-order valence-corrected chi connectivity index (χ2v) is 6.86. The van der Waals surface area contributed by atoms with Crippen LogP contribution in [0.1, 0.15) is 43.6 Å². The van der Waals surface area contributed by atoms with Crippen molar-refractivity contribution in [3.8, 4) is 0 Å². The van der Waals surface area contributed by atoms with Gasteiger partial charge in [-0.1, -0.05) is 18.2 Å². The van der Waals surface area contributed by atoms with Crippen LogP contribution >= 0.6 is 24.0 Å². The summed E-state index contributed by atoms with van der Waals surface area (Å²) < 4.78 is 0. The number of fused-ring (bicyclic) bond motifs is 1. The Bertz CT molecular complexity index is 690. The molecule has 1 heterocycles. The van der Waals surface area contributed by atoms with Gasteiger partial charge in [0.25, 0.3) is 0 Å². The molecular formula is C19H28IN5O2. The number of rotatable bonds is 7. The lowest BCUT2D eigenvalue weighted by molar-refractivity contribution is -0.121. The van der Waals surface area contributed by atoms with Gasteiger partial charge in [0, 0.05) is 50.6 Å². The lowest BCUT2D eigenvalue weighted by atomic mass is 9.90. The quantitative estimate of drug-likeness (QED) is 0.206. The molecule has 1 aromatic rings. The van der Waals surface area contributed by atoms with Crippen molar-refractivity contribution >= 4 is 47.4 Å². The van der Waals surface area contributed by atoms with Crippen LogP contribution in [0.15, 0.2) is 29.3 Å². The Morgan fingerprint density at radius 3 is 2.78 bits per heavy atom. The molecule has 1 aliphatic carbocycles. The fraction of sp³-hybridized carbons (Fsp3) is 0.526. The zero-order valence-electron chi connectivity index (χ0n) is 15.6. The van der Waals surface area contributed by atoms with E-state index in [0.717, 1.165) is 30.5 Å². The Morgan fingerprint density at radius 1 is 1.26 bits per heavy atom. The number of halogens is 1. The summed E-state index contributed by atoms with van der Waals surface area (Å²) in [5.74, 6) is 0.973. The zero-order chi connectivity index (χ0) is 18.4. The van der Waals surface area contributed by atoms with Gasteiger partial charge >= 0.3 is 0 Å². The van der Waals surface area contributed by atoms with Crippen LogP contribution in [0, 0.1) is 0 Å². The smallest absolute Gasteiger partial charge is 0.225 e. The summed E-state index contributed by atoms with van der Waals surface area (Å²) >= 11 is 0. The Kier molecular flexibility index (Phi) is 8.33. The summed E-state index contributed by atoms with van der Waals surface area (Å²) in [5.41, 5.74) is 2.03. The third-order valence-electron chi connectivity index (χ3n) is 4.66. The topological polar surface area (TPSA) is 94.6 Å². The minimum absolute atomic E-state index is 0. The maximum Gasteiger partial charge on any atom is 0.225 e. The molecule has 1 atom stereocenters. The van der Waals surface area contributed by atoms with Gasteiger partial charge < -0.3 is 21.3 Å². The number of hydrogen-bond donors (Lipinski definition) is 4. The van der Waals surface area contributed by atoms with Gasteiger partial charge in [-0.15, -0.1) is 24.0 Å². The van der Waals surface area contributed by atoms with Crippen molar-refractivity contribution in [2.24, 2.45) is 4.99 Å². The summed E-state index contributed by atoms with van der Waals surface area (Å²) in [4.78, 5) is 27.8. The monoisotopic (exact) mass is 485 g/mol. The lowest BCUT2D eigenvalue weighted by Gasteiger charge is -2.26. The number of carbonyl (C=O) groups is 2. The fourth-order valence-electron chi connectivity index (χ4n) is 3.11. The number of nitrogens with one attached hydrogen (secondary N) is 4. The molecule has 148 valence electrons. The molecular weight excluding hydrogens is 457 g/mol. The summed E-state index contributed by atoms with van der Waals surface area (Å²) in [6, 6.07) is 8.31. The Hall–Kier alpha value is -1.84. The first kappa shape index (κ1) is 21.5. The molecule has 3 rings (SSSR count). The van der Waals surface area contributed by atoms with Crippen molar-refractivity contribution in [1.29, 1.82) is 0 Å². The van der Waals surface area contributed by atoms with E-state index in [-0.39, 0.29) is 41.7 Å². The van der Waals surface area contributed by atoms with Crippen LogP contribution < -0.4 is 21.3 Å². The largest absolute Gasteiger partial charge is 0.356 e. The number of hydrogen-bond acceptors (Lipinski definition) is 3. The van der Waals surface area contributed by atoms with Crippen molar-refractivity contribution in [3.63, 3.8) is 0 Å². The van der Waals surface area contributed by atoms with Crippen molar-refractivity contribution < 1.29 is 9.59 Å². The highest BCUT2D eigenvalue weighted by atomic mass is 127. The van der Waals surface area contributed by atoms with E-state index in [1.54, 1.807) is 7.05 Å². The van der Waals surface area contributed by atoms with Crippen molar-refractivity contribution in [1.82, 2.24) is 16.0 Å². The number of carbonyl (C=O) groups excluding carboxylic acids is 2. The molecule has 0 saturated heterocycles. The molecule has 8 heteroatoms. The predicted molar refractivity (Wildman–Crippen MR) is 118 cm³/mol. The van der Waals surface area contributed by atoms with Gasteiger partial charge in [-0.25, -0.2) is 0 Å². The number of amides is 2. The van der Waals surface area contributed by atoms with Crippen LogP contribution in [0.5, 0.6) is 0 Å². The standard InChI is InChI=1S/C19H27N5O2.HI/c1-20-19(21-10-4-7-17(25)23-14-8-9-14)22-12-13-11-18(26)24-16-6-3-2-5-15(13)16;/h2-3,5-6,13-14H,4,7-12H2,1H3,(H,23,25)(H,24,26)(H2,20,21,22);1H. The first-order valence-electron chi connectivity index (χ1n) is 9.28. The van der Waals surface area contributed by atoms with E-state index in [0.29, 0.717) is 37.9 Å². The second kappa shape index (κ2) is 10.5. The third-order valence-corrected chi connectivity index (χ3v) is 4.66. The molecule has 0 bridgehead atoms. The SMILES string of the molecule is CN=C(NCCCC(=O)NC1CC1)NCC1CC(=O)Nc2ccccc21.I. The first-order valence-corrected chi connectivity index (χ1v) is 9.28. The third kappa shape index (κ3) is 6.67. The van der Waals surface area contributed by atoms with Crippen molar-refractivity contribution in [2.75, 3.05) is 25.5 Å². The zero-order valence-corrected chi connectivity index (χ0v) is 17.9. The molecule has 0 spiro atoms. The number of anilines is 1. The summed E-state index contributed by atoms with van der Waals surface area (Å²) in [5, 5.41) is 12.4. The summed E-state index contributed by atoms with van der Waals surface area (Å²) in [6.07, 6.45) is 3.97. The van der Waals surface area contributed by atoms with E-state index in [1.165, 1.54) is 0 Å². The first-order chi connectivity index (χ1) is 12.7. The molecule has 2 amide bonds. The van der Waals surface area contributed by atoms with E-state index >= 15 is 0 Å². The van der Waals surface area contributed by atoms with Gasteiger partial charge in [-0.3, -0.25) is 14.6 Å². The van der Waals surface area contributed by atoms with Gasteiger partial charge in [0.05, 0.1) is 0 Å². The number of aliphatic imine (C=N–C) groups is 1. The highest BCUT2D eigenvalue weighted by Gasteiger charge is 2.25. The van der Waals surface area contributed by atoms with Gasteiger partial charge in [0.1, 0.15) is 0 Å². The van der Waals surface area contributed by atoms with Crippen LogP contribution in [0.3, 0.4) is 0 Å². The lowest BCUT2D eigenvalue weighted by Crippen LogP contribution is -2.41. The summed E-state index contributed by atoms with van der Waals surface area (Å²) in [7, 11) is 1.72. The molecule has 2 aliphatic rings. The van der Waals surface area contributed by atoms with Gasteiger partial charge in [-0.05, 0) is 30.9 Å². The normalized spacial score (nSPS) is 18.6. The van der Waals surface area contributed by atoms with E-state index in [1.807, 2.05) is 18.2 Å². The highest BCUT2D eigenvalue weighted by molar-refractivity contribution is 14.0. The average molecular weight is 485 g/mol. The molecule has 1 aromatic carbocycles. The minimum atomic E-state index is 0. The van der Waals surface area contributed by atoms with E-state index in [4.69, 9.17) is 0 Å². The van der Waals surface area contributed by atoms with Gasteiger partial charge in [-0.2, -0.15) is 0 Å². The molecule has 1 aliphatic heterocycles. The molecule has 0 radical (unpaired) electrons. The number of benzene rings is 1. The van der Waals surface area contributed by atoms with Gasteiger partial charge in [0.15, 0.2) is 5.96 Å². The van der Waals surface area contributed by atoms with Crippen LogP contribution in [0.25, 0.3) is 0 Å². The highest BCUT2D eigenvalue weighted by Crippen LogP contribution is 2.31. The number of guanidine groups is 1. The van der Waals surface area contributed by atoms with E-state index in [9.17, 15) is 9.59 Å². The van der Waals surface area contributed by atoms with Crippen molar-refractivity contribution in [2.45, 2.75) is 44.1 Å². The van der Waals surface area contributed by atoms with Crippen LogP contribution in [-0.2, 0) is 9.59 Å². The Labute approximate surface area is 177 Å². The van der Waals surface area contributed by atoms with Crippen molar-refractivity contribution in [3.05, 3.63) is 29.8 Å². The predicted octanol–water partition coefficient (Wildman–Crippen LogP) is 1.95. The van der Waals surface area contributed by atoms with Crippen LogP contribution in [-0.4, -0.2) is 44.0 Å². The second-order valence-electron chi connectivity index (χ2n) is 6.86. The summed E-state index contributed by atoms with van der Waals surface area (Å²) in [6.45, 7) is 1.31. The van der Waals surface area contributed by atoms with Gasteiger partial charge in [0.2, 0.25) is 11.8 Å². The fourth-order valence-corrected chi connectivity index (χ4v) is 3.11. The number of para-hydroxylation sites is 1. The van der Waals surface area contributed by atoms with Crippen LogP contribution in [0.2, 0.25) is 0 Å². The minimum Gasteiger partial charge on any atom is -0.356 e. The molecule has 1 fully saturated rings. The van der Waals surface area contributed by atoms with E-state index < -0.39 is 0 Å². The molecule has 7 nitrogen and oxygen atoms in total. The Balaban J connectivity index is 0.00000261. The number of nitrogens with zero attached hydrogens (tertiary/aromatic N) is 1. The maximum absolute atomic E-state index is 11.9.